The van der Waals surface area contributed by atoms with E-state index in [0.717, 1.165) is 0 Å². The van der Waals surface area contributed by atoms with E-state index in [2.05, 4.69) is 43.9 Å². The van der Waals surface area contributed by atoms with Gasteiger partial charge in [0, 0.05) is 0 Å². The Morgan fingerprint density at radius 2 is 0.900 bits per heavy atom. The quantitative estimate of drug-likeness (QED) is 0.744. The molecule has 1 N–H and O–H groups in total. The van der Waals surface area contributed by atoms with Crippen molar-refractivity contribution in [3.63, 3.8) is 0 Å². The van der Waals surface area contributed by atoms with Crippen molar-refractivity contribution in [1.29, 1.82) is 0 Å². The Kier molecular flexibility index (Phi) is 6.08. The first-order valence-corrected chi connectivity index (χ1v) is 10.5. The maximum absolute atomic E-state index is 3.74. The predicted molar refractivity (Wildman–Crippen MR) is 49.8 cm³/mol. The third kappa shape index (κ3) is 12.0. The second kappa shape index (κ2) is 4.38. The zero-order chi connectivity index (χ0) is 7.71. The van der Waals surface area contributed by atoms with Crippen molar-refractivity contribution >= 4 is 16.5 Å². The Morgan fingerprint density at radius 1 is 0.700 bits per heavy atom. The summed E-state index contributed by atoms with van der Waals surface area (Å²) in [6, 6.07) is 0. The Bertz CT molecular complexity index is 80.9. The van der Waals surface area contributed by atoms with E-state index in [9.17, 15) is 0 Å². The molecule has 1 nitrogen and oxygen atoms in total. The normalized spacial score (nSPS) is 12.6. The monoisotopic (exact) mass is 363 g/mol. The van der Waals surface area contributed by atoms with Gasteiger partial charge in [-0.15, -0.1) is 0 Å². The van der Waals surface area contributed by atoms with Crippen molar-refractivity contribution in [2.45, 2.75) is 39.3 Å². The van der Waals surface area contributed by atoms with Gasteiger partial charge in [0.1, 0.15) is 16.5 Å². The third-order valence-corrected chi connectivity index (χ3v) is 6.75. The van der Waals surface area contributed by atoms with E-state index < -0.39 is 16.5 Å². The molecular weight excluding hydrogens is 343 g/mol. The van der Waals surface area contributed by atoms with Crippen LogP contribution in [-0.2, 0) is 27.7 Å². The van der Waals surface area contributed by atoms with Gasteiger partial charge in [0.15, 0.2) is 0 Å². The van der Waals surface area contributed by atoms with E-state index >= 15 is 0 Å². The summed E-state index contributed by atoms with van der Waals surface area (Å²) in [5.74, 6) is 0. The molecule has 0 aromatic carbocycles. The molecule has 0 saturated carbocycles. The average molecular weight is 362 g/mol. The van der Waals surface area contributed by atoms with Crippen molar-refractivity contribution in [2.75, 3.05) is 0 Å². The molecule has 0 bridgehead atoms. The molecule has 0 spiro atoms. The fraction of sp³-hybridized carbons (Fsp3) is 1.00. The van der Waals surface area contributed by atoms with Crippen molar-refractivity contribution in [2.24, 2.45) is 0 Å². The summed E-state index contributed by atoms with van der Waals surface area (Å²) in [6.07, 6.45) is 0. The molecule has 0 aliphatic carbocycles. The van der Waals surface area contributed by atoms with E-state index in [4.69, 9.17) is 0 Å². The van der Waals surface area contributed by atoms with E-state index in [1.807, 2.05) is 0 Å². The molecule has 0 aliphatic rings. The van der Waals surface area contributed by atoms with E-state index in [1.165, 1.54) is 0 Å². The van der Waals surface area contributed by atoms with Gasteiger partial charge in [0.2, 0.25) is 0 Å². The maximum atomic E-state index is 3.74. The van der Waals surface area contributed by atoms with Crippen LogP contribution in [0.15, 0.2) is 0 Å². The molecule has 0 saturated heterocycles. The Balaban J connectivity index is 0. The van der Waals surface area contributed by atoms with Gasteiger partial charge < -0.3 is 4.65 Å². The summed E-state index contributed by atoms with van der Waals surface area (Å²) in [7, 11) is -1.96. The molecule has 10 heavy (non-hydrogen) atoms. The van der Waals surface area contributed by atoms with Gasteiger partial charge in [0.25, 0.3) is 0 Å². The van der Waals surface area contributed by atoms with Crippen LogP contribution in [0, 0.1) is 0 Å². The van der Waals surface area contributed by atoms with Crippen LogP contribution in [-0.4, -0.2) is 16.5 Å². The van der Waals surface area contributed by atoms with Gasteiger partial charge >= 0.3 is 27.7 Å². The van der Waals surface area contributed by atoms with Crippen LogP contribution < -0.4 is 4.65 Å². The Hall–Kier alpha value is 1.33. The largest absolute Gasteiger partial charge is 2.00 e. The Labute approximate surface area is 87.7 Å². The predicted octanol–water partition coefficient (Wildman–Crippen LogP) is 2.24. The first-order valence-electron chi connectivity index (χ1n) is 3.50. The number of hydrogen-bond donors (Lipinski definition) is 1. The van der Waals surface area contributed by atoms with Crippen LogP contribution in [0.4, 0.5) is 0 Å². The second-order valence-corrected chi connectivity index (χ2v) is 14.6. The first-order chi connectivity index (χ1) is 3.71. The summed E-state index contributed by atoms with van der Waals surface area (Å²) in [6.45, 7) is 14.1. The molecular formula is C6H19HgNSi2+2. The molecule has 0 aliphatic heterocycles. The van der Waals surface area contributed by atoms with Crippen molar-refractivity contribution in [1.82, 2.24) is 4.65 Å². The van der Waals surface area contributed by atoms with Crippen LogP contribution in [0.25, 0.3) is 0 Å². The Morgan fingerprint density at radius 3 is 0.900 bits per heavy atom. The van der Waals surface area contributed by atoms with E-state index in [-0.39, 0.29) is 27.7 Å². The topological polar surface area (TPSA) is 12.0 Å². The fourth-order valence-corrected chi connectivity index (χ4v) is 10.1. The zero-order valence-corrected chi connectivity index (χ0v) is 15.7. The minimum absolute atomic E-state index is 0. The van der Waals surface area contributed by atoms with Crippen LogP contribution >= 0.6 is 0 Å². The molecule has 4 heteroatoms. The van der Waals surface area contributed by atoms with Gasteiger partial charge in [0.05, 0.1) is 0 Å². The molecule has 0 aromatic rings. The summed E-state index contributed by atoms with van der Waals surface area (Å²) in [4.78, 5) is 0. The van der Waals surface area contributed by atoms with E-state index in [0.29, 0.717) is 0 Å². The SMILES string of the molecule is C[Si](C)(C)N[Si](C)(C)C.[Hg+2]. The maximum Gasteiger partial charge on any atom is 2.00 e. The zero-order valence-electron chi connectivity index (χ0n) is 8.21. The van der Waals surface area contributed by atoms with Crippen LogP contribution in [0.5, 0.6) is 0 Å². The summed E-state index contributed by atoms with van der Waals surface area (Å²) >= 11 is 0. The molecule has 0 unspecified atom stereocenters. The van der Waals surface area contributed by atoms with Crippen LogP contribution in [0.2, 0.25) is 39.3 Å². The van der Waals surface area contributed by atoms with Gasteiger partial charge in [-0.25, -0.2) is 0 Å². The van der Waals surface area contributed by atoms with Gasteiger partial charge in [-0.3, -0.25) is 0 Å². The molecule has 0 heterocycles. The molecule has 0 atom stereocenters. The van der Waals surface area contributed by atoms with Crippen LogP contribution in [0.1, 0.15) is 0 Å². The average Bonchev–Trinajstić information content (AvgIpc) is 1.14. The minimum atomic E-state index is -0.981. The summed E-state index contributed by atoms with van der Waals surface area (Å²) < 4.78 is 3.74. The van der Waals surface area contributed by atoms with E-state index in [1.54, 1.807) is 0 Å². The molecule has 0 fully saturated rings. The van der Waals surface area contributed by atoms with Crippen molar-refractivity contribution in [3.05, 3.63) is 0 Å². The van der Waals surface area contributed by atoms with Crippen molar-refractivity contribution in [3.8, 4) is 0 Å². The summed E-state index contributed by atoms with van der Waals surface area (Å²) in [5, 5.41) is 0. The smallest absolute Gasteiger partial charge is 0.360 e. The fourth-order valence-electron chi connectivity index (χ4n) is 1.12. The second-order valence-electron chi connectivity index (χ2n) is 4.62. The summed E-state index contributed by atoms with van der Waals surface area (Å²) in [5.41, 5.74) is 0. The van der Waals surface area contributed by atoms with Gasteiger partial charge in [-0.05, 0) is 0 Å². The first kappa shape index (κ1) is 13.9. The van der Waals surface area contributed by atoms with Gasteiger partial charge in [-0.1, -0.05) is 39.3 Å². The van der Waals surface area contributed by atoms with Crippen molar-refractivity contribution < 1.29 is 27.7 Å². The molecule has 56 valence electrons. The molecule has 0 amide bonds. The molecule has 0 radical (unpaired) electrons. The standard InChI is InChI=1S/C6H19NSi2.Hg/c1-8(2,3)7-9(4,5)6;/h7H,1-6H3;/q;+2. The third-order valence-electron chi connectivity index (χ3n) is 0.750. The van der Waals surface area contributed by atoms with Crippen LogP contribution in [0.3, 0.4) is 0 Å². The number of hydrogen-bond acceptors (Lipinski definition) is 1. The number of rotatable bonds is 2. The number of nitrogens with one attached hydrogen (secondary N) is 1. The molecule has 0 rings (SSSR count). The molecule has 0 aromatic heterocycles. The minimum Gasteiger partial charge on any atom is -0.360 e. The van der Waals surface area contributed by atoms with Gasteiger partial charge in [-0.2, -0.15) is 0 Å².